The van der Waals surface area contributed by atoms with Crippen LogP contribution in [0.5, 0.6) is 5.75 Å². The molecule has 5 nitrogen and oxygen atoms in total. The van der Waals surface area contributed by atoms with Crippen LogP contribution in [-0.4, -0.2) is 34.7 Å². The Bertz CT molecular complexity index is 631. The Kier molecular flexibility index (Phi) is 2.56. The van der Waals surface area contributed by atoms with Crippen molar-refractivity contribution in [1.29, 1.82) is 0 Å². The van der Waals surface area contributed by atoms with Gasteiger partial charge in [-0.2, -0.15) is 0 Å². The second kappa shape index (κ2) is 4.20. The fourth-order valence-corrected chi connectivity index (χ4v) is 3.67. The van der Waals surface area contributed by atoms with Gasteiger partial charge in [-0.25, -0.2) is 4.98 Å². The van der Waals surface area contributed by atoms with Crippen LogP contribution in [0.2, 0.25) is 0 Å². The maximum atomic E-state index is 6.00. The molecule has 2 aliphatic heterocycles. The SMILES string of the molecule is NCC12CC(COc3ccn4ccnc4c3)(CCO1)C2. The molecule has 4 heterocycles. The summed E-state index contributed by atoms with van der Waals surface area (Å²) in [5.74, 6) is 0.884. The Morgan fingerprint density at radius 1 is 1.40 bits per heavy atom. The Balaban J connectivity index is 1.45. The molecule has 2 bridgehead atoms. The summed E-state index contributed by atoms with van der Waals surface area (Å²) in [7, 11) is 0. The molecule has 1 aliphatic carbocycles. The number of nitrogens with two attached hydrogens (primary N) is 1. The second-order valence-electron chi connectivity index (χ2n) is 6.18. The average molecular weight is 273 g/mol. The minimum Gasteiger partial charge on any atom is -0.493 e. The van der Waals surface area contributed by atoms with Gasteiger partial charge in [0.1, 0.15) is 11.4 Å². The van der Waals surface area contributed by atoms with Gasteiger partial charge < -0.3 is 19.6 Å². The first kappa shape index (κ1) is 12.2. The van der Waals surface area contributed by atoms with E-state index in [0.29, 0.717) is 6.54 Å². The molecular formula is C15H19N3O2. The first-order valence-electron chi connectivity index (χ1n) is 7.12. The van der Waals surface area contributed by atoms with Gasteiger partial charge in [0.05, 0.1) is 12.2 Å². The van der Waals surface area contributed by atoms with Crippen LogP contribution in [0.3, 0.4) is 0 Å². The quantitative estimate of drug-likeness (QED) is 0.919. The van der Waals surface area contributed by atoms with Crippen LogP contribution in [-0.2, 0) is 4.74 Å². The summed E-state index contributed by atoms with van der Waals surface area (Å²) in [4.78, 5) is 4.27. The molecule has 2 N–H and O–H groups in total. The molecule has 2 aromatic heterocycles. The van der Waals surface area contributed by atoms with Crippen molar-refractivity contribution in [3.8, 4) is 5.75 Å². The van der Waals surface area contributed by atoms with E-state index in [1.54, 1.807) is 6.20 Å². The summed E-state index contributed by atoms with van der Waals surface area (Å²) in [6, 6.07) is 3.96. The molecule has 0 amide bonds. The summed E-state index contributed by atoms with van der Waals surface area (Å²) in [6.07, 6.45) is 8.82. The zero-order valence-electron chi connectivity index (χ0n) is 11.4. The number of pyridine rings is 1. The molecule has 3 fully saturated rings. The number of nitrogens with zero attached hydrogens (tertiary/aromatic N) is 2. The van der Waals surface area contributed by atoms with Crippen LogP contribution < -0.4 is 10.5 Å². The molecular weight excluding hydrogens is 254 g/mol. The highest BCUT2D eigenvalue weighted by Gasteiger charge is 2.58. The predicted molar refractivity (Wildman–Crippen MR) is 74.7 cm³/mol. The molecule has 106 valence electrons. The van der Waals surface area contributed by atoms with Gasteiger partial charge in [0.15, 0.2) is 0 Å². The lowest BCUT2D eigenvalue weighted by Gasteiger charge is -2.59. The molecule has 0 atom stereocenters. The summed E-state index contributed by atoms with van der Waals surface area (Å²) >= 11 is 0. The molecule has 0 radical (unpaired) electrons. The normalized spacial score (nSPS) is 32.0. The second-order valence-corrected chi connectivity index (χ2v) is 6.18. The van der Waals surface area contributed by atoms with Gasteiger partial charge >= 0.3 is 0 Å². The van der Waals surface area contributed by atoms with E-state index >= 15 is 0 Å². The standard InChI is InChI=1S/C15H19N3O2/c16-10-15-8-14(9-15,2-6-20-15)11-19-12-1-4-18-5-3-17-13(18)7-12/h1,3-5,7H,2,6,8-11,16H2. The molecule has 1 saturated carbocycles. The Morgan fingerprint density at radius 3 is 3.15 bits per heavy atom. The monoisotopic (exact) mass is 273 g/mol. The summed E-state index contributed by atoms with van der Waals surface area (Å²) < 4.78 is 13.8. The molecule has 2 aromatic rings. The molecule has 5 heteroatoms. The van der Waals surface area contributed by atoms with E-state index in [0.717, 1.165) is 43.9 Å². The van der Waals surface area contributed by atoms with E-state index in [1.165, 1.54) is 0 Å². The van der Waals surface area contributed by atoms with Crippen LogP contribution in [0, 0.1) is 5.41 Å². The van der Waals surface area contributed by atoms with Gasteiger partial charge in [-0.15, -0.1) is 0 Å². The van der Waals surface area contributed by atoms with Crippen molar-refractivity contribution in [2.24, 2.45) is 11.1 Å². The third kappa shape index (κ3) is 1.81. The number of hydrogen-bond donors (Lipinski definition) is 1. The predicted octanol–water partition coefficient (Wildman–Crippen LogP) is 1.61. The highest BCUT2D eigenvalue weighted by atomic mass is 16.5. The van der Waals surface area contributed by atoms with Gasteiger partial charge in [-0.1, -0.05) is 0 Å². The van der Waals surface area contributed by atoms with Gasteiger partial charge in [-0.05, 0) is 25.3 Å². The number of aromatic nitrogens is 2. The average Bonchev–Trinajstić information content (AvgIpc) is 2.92. The molecule has 0 aromatic carbocycles. The molecule has 0 unspecified atom stereocenters. The van der Waals surface area contributed by atoms with E-state index in [9.17, 15) is 0 Å². The van der Waals surface area contributed by atoms with E-state index in [2.05, 4.69) is 4.98 Å². The van der Waals surface area contributed by atoms with Crippen LogP contribution >= 0.6 is 0 Å². The lowest BCUT2D eigenvalue weighted by atomic mass is 9.56. The van der Waals surface area contributed by atoms with Crippen molar-refractivity contribution in [2.45, 2.75) is 24.9 Å². The van der Waals surface area contributed by atoms with Gasteiger partial charge in [0, 0.05) is 43.2 Å². The fraction of sp³-hybridized carbons (Fsp3) is 0.533. The minimum atomic E-state index is -0.0609. The summed E-state index contributed by atoms with van der Waals surface area (Å²) in [5, 5.41) is 0. The number of rotatable bonds is 4. The highest BCUT2D eigenvalue weighted by molar-refractivity contribution is 5.44. The largest absolute Gasteiger partial charge is 0.493 e. The highest BCUT2D eigenvalue weighted by Crippen LogP contribution is 2.56. The molecule has 20 heavy (non-hydrogen) atoms. The zero-order chi connectivity index (χ0) is 13.6. The van der Waals surface area contributed by atoms with Gasteiger partial charge in [-0.3, -0.25) is 0 Å². The van der Waals surface area contributed by atoms with Crippen molar-refractivity contribution in [3.63, 3.8) is 0 Å². The van der Waals surface area contributed by atoms with Crippen molar-refractivity contribution >= 4 is 5.65 Å². The number of ether oxygens (including phenoxy) is 2. The Hall–Kier alpha value is -1.59. The minimum absolute atomic E-state index is 0.0609. The van der Waals surface area contributed by atoms with E-state index < -0.39 is 0 Å². The number of hydrogen-bond acceptors (Lipinski definition) is 4. The summed E-state index contributed by atoms with van der Waals surface area (Å²) in [6.45, 7) is 2.17. The Morgan fingerprint density at radius 2 is 2.30 bits per heavy atom. The van der Waals surface area contributed by atoms with Crippen LogP contribution in [0.4, 0.5) is 0 Å². The number of fused-ring (bicyclic) bond motifs is 3. The fourth-order valence-electron chi connectivity index (χ4n) is 3.67. The Labute approximate surface area is 117 Å². The van der Waals surface area contributed by atoms with Gasteiger partial charge in [0.2, 0.25) is 0 Å². The lowest BCUT2D eigenvalue weighted by Crippen LogP contribution is -2.63. The van der Waals surface area contributed by atoms with Gasteiger partial charge in [0.25, 0.3) is 0 Å². The zero-order valence-corrected chi connectivity index (χ0v) is 11.4. The molecule has 5 rings (SSSR count). The molecule has 2 saturated heterocycles. The van der Waals surface area contributed by atoms with Crippen molar-refractivity contribution < 1.29 is 9.47 Å². The molecule has 0 spiro atoms. The van der Waals surface area contributed by atoms with Crippen LogP contribution in [0.1, 0.15) is 19.3 Å². The third-order valence-electron chi connectivity index (χ3n) is 4.72. The lowest BCUT2D eigenvalue weighted by molar-refractivity contribution is -0.227. The third-order valence-corrected chi connectivity index (χ3v) is 4.72. The van der Waals surface area contributed by atoms with Crippen LogP contribution in [0.15, 0.2) is 30.7 Å². The maximum Gasteiger partial charge on any atom is 0.140 e. The smallest absolute Gasteiger partial charge is 0.140 e. The van der Waals surface area contributed by atoms with Crippen molar-refractivity contribution in [2.75, 3.05) is 19.8 Å². The van der Waals surface area contributed by atoms with E-state index in [1.807, 2.05) is 28.9 Å². The molecule has 3 aliphatic rings. The first-order valence-corrected chi connectivity index (χ1v) is 7.12. The van der Waals surface area contributed by atoms with Crippen LogP contribution in [0.25, 0.3) is 5.65 Å². The van der Waals surface area contributed by atoms with Crippen molar-refractivity contribution in [3.05, 3.63) is 30.7 Å². The first-order chi connectivity index (χ1) is 9.73. The topological polar surface area (TPSA) is 61.8 Å². The summed E-state index contributed by atoms with van der Waals surface area (Å²) in [5.41, 5.74) is 6.93. The maximum absolute atomic E-state index is 6.00. The number of imidazole rings is 1. The van der Waals surface area contributed by atoms with E-state index in [-0.39, 0.29) is 11.0 Å². The van der Waals surface area contributed by atoms with E-state index in [4.69, 9.17) is 15.2 Å². The van der Waals surface area contributed by atoms with Crippen molar-refractivity contribution in [1.82, 2.24) is 9.38 Å².